The summed E-state index contributed by atoms with van der Waals surface area (Å²) in [5, 5.41) is 11.3. The van der Waals surface area contributed by atoms with Gasteiger partial charge in [-0.25, -0.2) is 9.59 Å². The van der Waals surface area contributed by atoms with Gasteiger partial charge in [0.1, 0.15) is 6.61 Å². The van der Waals surface area contributed by atoms with Crippen LogP contribution in [0.3, 0.4) is 0 Å². The van der Waals surface area contributed by atoms with Crippen molar-refractivity contribution in [1.29, 1.82) is 0 Å². The molecule has 1 aromatic carbocycles. The SMILES string of the molecule is CC(C)(C)OC[C@H](NC(=O)OCc1ccccc1)C(=O)O. The van der Waals surface area contributed by atoms with E-state index in [2.05, 4.69) is 5.32 Å². The molecule has 0 radical (unpaired) electrons. The summed E-state index contributed by atoms with van der Waals surface area (Å²) in [5.74, 6) is -1.17. The number of benzene rings is 1. The second kappa shape index (κ2) is 7.64. The van der Waals surface area contributed by atoms with E-state index in [1.807, 2.05) is 30.3 Å². The molecule has 0 aliphatic rings. The molecule has 0 aliphatic heterocycles. The Kier molecular flexibility index (Phi) is 6.17. The predicted molar refractivity (Wildman–Crippen MR) is 76.9 cm³/mol. The lowest BCUT2D eigenvalue weighted by molar-refractivity contribution is -0.142. The molecule has 1 atom stereocenters. The van der Waals surface area contributed by atoms with E-state index < -0.39 is 23.7 Å². The lowest BCUT2D eigenvalue weighted by atomic mass is 10.2. The number of amides is 1. The number of rotatable bonds is 6. The van der Waals surface area contributed by atoms with Crippen molar-refractivity contribution in [3.8, 4) is 0 Å². The van der Waals surface area contributed by atoms with Crippen molar-refractivity contribution in [2.45, 2.75) is 39.0 Å². The minimum absolute atomic E-state index is 0.0825. The molecule has 1 amide bonds. The van der Waals surface area contributed by atoms with Crippen LogP contribution in [0.4, 0.5) is 4.79 Å². The fourth-order valence-corrected chi connectivity index (χ4v) is 1.42. The number of hydrogen-bond acceptors (Lipinski definition) is 4. The standard InChI is InChI=1S/C15H21NO5/c1-15(2,3)21-10-12(13(17)18)16-14(19)20-9-11-7-5-4-6-8-11/h4-8,12H,9-10H2,1-3H3,(H,16,19)(H,17,18)/t12-/m0/s1. The van der Waals surface area contributed by atoms with E-state index in [9.17, 15) is 9.59 Å². The largest absolute Gasteiger partial charge is 0.480 e. The van der Waals surface area contributed by atoms with E-state index in [-0.39, 0.29) is 13.2 Å². The van der Waals surface area contributed by atoms with Gasteiger partial charge in [0, 0.05) is 0 Å². The van der Waals surface area contributed by atoms with Crippen molar-refractivity contribution in [3.05, 3.63) is 35.9 Å². The van der Waals surface area contributed by atoms with Gasteiger partial charge in [0.25, 0.3) is 0 Å². The molecule has 116 valence electrons. The third-order valence-electron chi connectivity index (χ3n) is 2.49. The topological polar surface area (TPSA) is 84.9 Å². The molecule has 0 spiro atoms. The van der Waals surface area contributed by atoms with E-state index in [0.29, 0.717) is 0 Å². The number of carbonyl (C=O) groups is 2. The number of nitrogens with one attached hydrogen (secondary N) is 1. The van der Waals surface area contributed by atoms with Crippen LogP contribution >= 0.6 is 0 Å². The predicted octanol–water partition coefficient (Wildman–Crippen LogP) is 2.18. The average Bonchev–Trinajstić information content (AvgIpc) is 2.41. The molecule has 1 aromatic rings. The molecule has 0 saturated carbocycles. The Hall–Kier alpha value is -2.08. The summed E-state index contributed by atoms with van der Waals surface area (Å²) < 4.78 is 10.3. The number of hydrogen-bond donors (Lipinski definition) is 2. The maximum absolute atomic E-state index is 11.6. The lowest BCUT2D eigenvalue weighted by Crippen LogP contribution is -2.45. The molecule has 21 heavy (non-hydrogen) atoms. The van der Waals surface area contributed by atoms with E-state index >= 15 is 0 Å². The first-order chi connectivity index (χ1) is 9.78. The highest BCUT2D eigenvalue weighted by Gasteiger charge is 2.23. The molecule has 6 nitrogen and oxygen atoms in total. The van der Waals surface area contributed by atoms with Gasteiger partial charge in [-0.05, 0) is 26.3 Å². The molecule has 0 aliphatic carbocycles. The van der Waals surface area contributed by atoms with Crippen LogP contribution in [-0.2, 0) is 20.9 Å². The monoisotopic (exact) mass is 295 g/mol. The van der Waals surface area contributed by atoms with Gasteiger partial charge in [0.15, 0.2) is 6.04 Å². The minimum Gasteiger partial charge on any atom is -0.480 e. The van der Waals surface area contributed by atoms with Crippen molar-refractivity contribution in [2.75, 3.05) is 6.61 Å². The van der Waals surface area contributed by atoms with Gasteiger partial charge in [-0.2, -0.15) is 0 Å². The third kappa shape index (κ3) is 7.31. The van der Waals surface area contributed by atoms with Gasteiger partial charge in [-0.3, -0.25) is 0 Å². The summed E-state index contributed by atoms with van der Waals surface area (Å²) in [7, 11) is 0. The molecule has 0 unspecified atom stereocenters. The zero-order valence-corrected chi connectivity index (χ0v) is 12.5. The van der Waals surface area contributed by atoms with Gasteiger partial charge in [-0.15, -0.1) is 0 Å². The normalized spacial score (nSPS) is 12.5. The van der Waals surface area contributed by atoms with E-state index in [1.54, 1.807) is 20.8 Å². The maximum atomic E-state index is 11.6. The Morgan fingerprint density at radius 3 is 2.38 bits per heavy atom. The number of carboxylic acids is 1. The van der Waals surface area contributed by atoms with Crippen LogP contribution in [-0.4, -0.2) is 35.4 Å². The van der Waals surface area contributed by atoms with Crippen LogP contribution < -0.4 is 5.32 Å². The zero-order valence-electron chi connectivity index (χ0n) is 12.5. The Morgan fingerprint density at radius 2 is 1.86 bits per heavy atom. The van der Waals surface area contributed by atoms with E-state index in [1.165, 1.54) is 0 Å². The van der Waals surface area contributed by atoms with Crippen LogP contribution in [0.5, 0.6) is 0 Å². The van der Waals surface area contributed by atoms with Crippen LogP contribution in [0.15, 0.2) is 30.3 Å². The maximum Gasteiger partial charge on any atom is 0.408 e. The van der Waals surface area contributed by atoms with Crippen LogP contribution in [0.25, 0.3) is 0 Å². The van der Waals surface area contributed by atoms with Crippen molar-refractivity contribution in [1.82, 2.24) is 5.32 Å². The number of aliphatic carboxylic acids is 1. The van der Waals surface area contributed by atoms with Gasteiger partial charge >= 0.3 is 12.1 Å². The second-order valence-electron chi connectivity index (χ2n) is 5.52. The van der Waals surface area contributed by atoms with Gasteiger partial charge in [0.2, 0.25) is 0 Å². The number of ether oxygens (including phenoxy) is 2. The molecule has 1 rings (SSSR count). The molecule has 0 bridgehead atoms. The summed E-state index contributed by atoms with van der Waals surface area (Å²) in [4.78, 5) is 22.7. The van der Waals surface area contributed by atoms with Crippen molar-refractivity contribution >= 4 is 12.1 Å². The first-order valence-corrected chi connectivity index (χ1v) is 6.62. The summed E-state index contributed by atoms with van der Waals surface area (Å²) in [6.07, 6.45) is -0.788. The van der Waals surface area contributed by atoms with Gasteiger partial charge in [0.05, 0.1) is 12.2 Å². The Labute approximate surface area is 124 Å². The lowest BCUT2D eigenvalue weighted by Gasteiger charge is -2.22. The summed E-state index contributed by atoms with van der Waals surface area (Å²) >= 11 is 0. The minimum atomic E-state index is -1.17. The highest BCUT2D eigenvalue weighted by Crippen LogP contribution is 2.07. The van der Waals surface area contributed by atoms with E-state index in [0.717, 1.165) is 5.56 Å². The first kappa shape index (κ1) is 17.0. The Balaban J connectivity index is 2.43. The fraction of sp³-hybridized carbons (Fsp3) is 0.467. The zero-order chi connectivity index (χ0) is 15.9. The highest BCUT2D eigenvalue weighted by molar-refractivity contribution is 5.80. The molecule has 0 saturated heterocycles. The summed E-state index contributed by atoms with van der Waals surface area (Å²) in [6.45, 7) is 5.37. The van der Waals surface area contributed by atoms with Crippen LogP contribution in [0.1, 0.15) is 26.3 Å². The van der Waals surface area contributed by atoms with E-state index in [4.69, 9.17) is 14.6 Å². The second-order valence-corrected chi connectivity index (χ2v) is 5.52. The van der Waals surface area contributed by atoms with Crippen molar-refractivity contribution in [2.24, 2.45) is 0 Å². The molecular weight excluding hydrogens is 274 g/mol. The van der Waals surface area contributed by atoms with Crippen molar-refractivity contribution in [3.63, 3.8) is 0 Å². The molecule has 6 heteroatoms. The average molecular weight is 295 g/mol. The smallest absolute Gasteiger partial charge is 0.408 e. The molecule has 0 fully saturated rings. The fourth-order valence-electron chi connectivity index (χ4n) is 1.42. The van der Waals surface area contributed by atoms with Crippen molar-refractivity contribution < 1.29 is 24.2 Å². The molecule has 2 N–H and O–H groups in total. The highest BCUT2D eigenvalue weighted by atomic mass is 16.5. The number of alkyl carbamates (subject to hydrolysis) is 1. The summed E-state index contributed by atoms with van der Waals surface area (Å²) in [6, 6.07) is 7.98. The Morgan fingerprint density at radius 1 is 1.24 bits per heavy atom. The molecule has 0 aromatic heterocycles. The van der Waals surface area contributed by atoms with Crippen LogP contribution in [0, 0.1) is 0 Å². The number of carboxylic acid groups (broad SMARTS) is 1. The van der Waals surface area contributed by atoms with Gasteiger partial charge in [-0.1, -0.05) is 30.3 Å². The summed E-state index contributed by atoms with van der Waals surface area (Å²) in [5.41, 5.74) is 0.342. The van der Waals surface area contributed by atoms with Crippen LogP contribution in [0.2, 0.25) is 0 Å². The quantitative estimate of drug-likeness (QED) is 0.840. The van der Waals surface area contributed by atoms with Gasteiger partial charge < -0.3 is 19.9 Å². The molecule has 0 heterocycles. The first-order valence-electron chi connectivity index (χ1n) is 6.62. The molecular formula is C15H21NO5. The third-order valence-corrected chi connectivity index (χ3v) is 2.49. The Bertz CT molecular complexity index is 467. The number of carbonyl (C=O) groups excluding carboxylic acids is 1.